The summed E-state index contributed by atoms with van der Waals surface area (Å²) in [6.07, 6.45) is 2.58. The number of amides is 1. The summed E-state index contributed by atoms with van der Waals surface area (Å²) in [7, 11) is 0. The Morgan fingerprint density at radius 3 is 2.35 bits per heavy atom. The molecule has 0 radical (unpaired) electrons. The van der Waals surface area contributed by atoms with Crippen LogP contribution >= 0.6 is 0 Å². The molecule has 0 heterocycles. The number of nitrogens with one attached hydrogen (secondary N) is 1. The molecule has 0 aromatic heterocycles. The first-order valence-electron chi connectivity index (χ1n) is 6.79. The Labute approximate surface area is 117 Å². The molecular formula is C15H18FNO3. The minimum absolute atomic E-state index is 0.274. The van der Waals surface area contributed by atoms with E-state index in [1.54, 1.807) is 19.1 Å². The van der Waals surface area contributed by atoms with Crippen LogP contribution in [0.1, 0.15) is 38.2 Å². The number of carboxylic acid groups (broad SMARTS) is 1. The van der Waals surface area contributed by atoms with Crippen molar-refractivity contribution in [3.8, 4) is 0 Å². The van der Waals surface area contributed by atoms with Crippen LogP contribution in [-0.4, -0.2) is 23.0 Å². The van der Waals surface area contributed by atoms with Gasteiger partial charge >= 0.3 is 5.97 Å². The number of hydrogen-bond donors (Lipinski definition) is 2. The molecule has 1 fully saturated rings. The molecular weight excluding hydrogens is 261 g/mol. The van der Waals surface area contributed by atoms with Crippen LogP contribution < -0.4 is 5.32 Å². The van der Waals surface area contributed by atoms with E-state index in [9.17, 15) is 14.0 Å². The number of halogens is 1. The van der Waals surface area contributed by atoms with Crippen LogP contribution in [0, 0.1) is 5.82 Å². The number of carboxylic acids is 1. The molecule has 1 aromatic carbocycles. The minimum Gasteiger partial charge on any atom is -0.480 e. The van der Waals surface area contributed by atoms with E-state index in [0.29, 0.717) is 19.3 Å². The van der Waals surface area contributed by atoms with Crippen molar-refractivity contribution in [3.05, 3.63) is 35.6 Å². The minimum atomic E-state index is -1.03. The van der Waals surface area contributed by atoms with Crippen LogP contribution in [0.5, 0.6) is 0 Å². The third-order valence-corrected chi connectivity index (χ3v) is 4.05. The van der Waals surface area contributed by atoms with Crippen LogP contribution in [0.2, 0.25) is 0 Å². The van der Waals surface area contributed by atoms with Crippen LogP contribution in [-0.2, 0) is 15.0 Å². The maximum absolute atomic E-state index is 13.0. The van der Waals surface area contributed by atoms with E-state index in [-0.39, 0.29) is 11.7 Å². The molecule has 5 heteroatoms. The van der Waals surface area contributed by atoms with Crippen molar-refractivity contribution in [3.63, 3.8) is 0 Å². The average molecular weight is 279 g/mol. The Bertz CT molecular complexity index is 508. The highest BCUT2D eigenvalue weighted by Gasteiger charge is 2.46. The molecule has 1 aromatic rings. The lowest BCUT2D eigenvalue weighted by Gasteiger charge is -2.41. The molecule has 2 rings (SSSR count). The fourth-order valence-corrected chi connectivity index (χ4v) is 2.58. The first-order valence-corrected chi connectivity index (χ1v) is 6.79. The second-order valence-electron chi connectivity index (χ2n) is 5.22. The Morgan fingerprint density at radius 1 is 1.35 bits per heavy atom. The maximum atomic E-state index is 13.0. The summed E-state index contributed by atoms with van der Waals surface area (Å²) in [6, 6.07) is 5.00. The average Bonchev–Trinajstić information content (AvgIpc) is 2.36. The third-order valence-electron chi connectivity index (χ3n) is 4.05. The summed E-state index contributed by atoms with van der Waals surface area (Å²) in [5, 5.41) is 11.6. The lowest BCUT2D eigenvalue weighted by molar-refractivity contribution is -0.143. The molecule has 1 atom stereocenters. The van der Waals surface area contributed by atoms with E-state index in [4.69, 9.17) is 5.11 Å². The molecule has 1 unspecified atom stereocenters. The van der Waals surface area contributed by atoms with E-state index >= 15 is 0 Å². The van der Waals surface area contributed by atoms with E-state index in [0.717, 1.165) is 12.0 Å². The summed E-state index contributed by atoms with van der Waals surface area (Å²) in [5.74, 6) is -1.65. The molecule has 0 bridgehead atoms. The third kappa shape index (κ3) is 2.53. The van der Waals surface area contributed by atoms with Crippen molar-refractivity contribution < 1.29 is 19.1 Å². The summed E-state index contributed by atoms with van der Waals surface area (Å²) in [6.45, 7) is 1.71. The van der Waals surface area contributed by atoms with Crippen molar-refractivity contribution in [2.75, 3.05) is 0 Å². The smallest absolute Gasteiger partial charge is 0.326 e. The van der Waals surface area contributed by atoms with Gasteiger partial charge in [-0.3, -0.25) is 4.79 Å². The molecule has 20 heavy (non-hydrogen) atoms. The molecule has 1 aliphatic rings. The van der Waals surface area contributed by atoms with E-state index < -0.39 is 17.4 Å². The van der Waals surface area contributed by atoms with Gasteiger partial charge in [-0.05, 0) is 37.0 Å². The van der Waals surface area contributed by atoms with E-state index in [1.807, 2.05) is 0 Å². The molecule has 108 valence electrons. The molecule has 1 saturated carbocycles. The van der Waals surface area contributed by atoms with Gasteiger partial charge in [-0.1, -0.05) is 25.5 Å². The highest BCUT2D eigenvalue weighted by Crippen LogP contribution is 2.44. The van der Waals surface area contributed by atoms with Gasteiger partial charge in [0.05, 0.1) is 5.41 Å². The van der Waals surface area contributed by atoms with Crippen LogP contribution in [0.25, 0.3) is 0 Å². The molecule has 1 amide bonds. The van der Waals surface area contributed by atoms with Gasteiger partial charge in [0, 0.05) is 0 Å². The number of hydrogen-bond acceptors (Lipinski definition) is 2. The Kier molecular flexibility index (Phi) is 4.06. The summed E-state index contributed by atoms with van der Waals surface area (Å²) in [5.41, 5.74) is 0.0548. The summed E-state index contributed by atoms with van der Waals surface area (Å²) >= 11 is 0. The van der Waals surface area contributed by atoms with Crippen molar-refractivity contribution in [2.45, 2.75) is 44.1 Å². The fourth-order valence-electron chi connectivity index (χ4n) is 2.58. The standard InChI is InChI=1S/C15H18FNO3/c1-2-12(13(18)19)17-14(20)15(8-3-9-15)10-4-6-11(16)7-5-10/h4-7,12H,2-3,8-9H2,1H3,(H,17,20)(H,18,19). The maximum Gasteiger partial charge on any atom is 0.326 e. The predicted octanol–water partition coefficient (Wildman–Crippen LogP) is 2.23. The largest absolute Gasteiger partial charge is 0.480 e. The first kappa shape index (κ1) is 14.5. The van der Waals surface area contributed by atoms with Gasteiger partial charge in [0.1, 0.15) is 11.9 Å². The van der Waals surface area contributed by atoms with Crippen LogP contribution in [0.4, 0.5) is 4.39 Å². The van der Waals surface area contributed by atoms with Gasteiger partial charge < -0.3 is 10.4 Å². The van der Waals surface area contributed by atoms with Gasteiger partial charge in [-0.2, -0.15) is 0 Å². The topological polar surface area (TPSA) is 66.4 Å². The monoisotopic (exact) mass is 279 g/mol. The molecule has 0 spiro atoms. The number of carbonyl (C=O) groups is 2. The van der Waals surface area contributed by atoms with Crippen molar-refractivity contribution in [1.82, 2.24) is 5.32 Å². The normalized spacial score (nSPS) is 17.9. The van der Waals surface area contributed by atoms with Gasteiger partial charge in [0.25, 0.3) is 0 Å². The number of rotatable bonds is 5. The van der Waals surface area contributed by atoms with Crippen LogP contribution in [0.15, 0.2) is 24.3 Å². The number of aliphatic carboxylic acids is 1. The predicted molar refractivity (Wildman–Crippen MR) is 71.8 cm³/mol. The molecule has 0 aliphatic heterocycles. The lowest BCUT2D eigenvalue weighted by Crippen LogP contribution is -2.53. The highest BCUT2D eigenvalue weighted by molar-refractivity contribution is 5.92. The Balaban J connectivity index is 2.20. The van der Waals surface area contributed by atoms with Crippen molar-refractivity contribution >= 4 is 11.9 Å². The zero-order chi connectivity index (χ0) is 14.8. The quantitative estimate of drug-likeness (QED) is 0.868. The van der Waals surface area contributed by atoms with Gasteiger partial charge in [-0.25, -0.2) is 9.18 Å². The fraction of sp³-hybridized carbons (Fsp3) is 0.467. The Morgan fingerprint density at radius 2 is 1.95 bits per heavy atom. The molecule has 1 aliphatic carbocycles. The zero-order valence-corrected chi connectivity index (χ0v) is 11.4. The second kappa shape index (κ2) is 5.61. The Hall–Kier alpha value is -1.91. The van der Waals surface area contributed by atoms with E-state index in [1.165, 1.54) is 12.1 Å². The van der Waals surface area contributed by atoms with Gasteiger partial charge in [-0.15, -0.1) is 0 Å². The lowest BCUT2D eigenvalue weighted by atomic mass is 9.63. The SMILES string of the molecule is CCC(NC(=O)C1(c2ccc(F)cc2)CCC1)C(=O)O. The number of benzene rings is 1. The molecule has 4 nitrogen and oxygen atoms in total. The van der Waals surface area contributed by atoms with Crippen molar-refractivity contribution in [2.24, 2.45) is 0 Å². The van der Waals surface area contributed by atoms with Gasteiger partial charge in [0.15, 0.2) is 0 Å². The zero-order valence-electron chi connectivity index (χ0n) is 11.4. The second-order valence-corrected chi connectivity index (χ2v) is 5.22. The van der Waals surface area contributed by atoms with Crippen LogP contribution in [0.3, 0.4) is 0 Å². The highest BCUT2D eigenvalue weighted by atomic mass is 19.1. The molecule has 0 saturated heterocycles. The number of carbonyl (C=O) groups excluding carboxylic acids is 1. The molecule has 2 N–H and O–H groups in total. The first-order chi connectivity index (χ1) is 9.49. The summed E-state index contributed by atoms with van der Waals surface area (Å²) in [4.78, 5) is 23.5. The van der Waals surface area contributed by atoms with Gasteiger partial charge in [0.2, 0.25) is 5.91 Å². The van der Waals surface area contributed by atoms with E-state index in [2.05, 4.69) is 5.32 Å². The summed E-state index contributed by atoms with van der Waals surface area (Å²) < 4.78 is 13.0. The van der Waals surface area contributed by atoms with Crippen molar-refractivity contribution in [1.29, 1.82) is 0 Å².